The Labute approximate surface area is 163 Å². The molecule has 0 radical (unpaired) electrons. The van der Waals surface area contributed by atoms with Crippen LogP contribution in [-0.2, 0) is 11.2 Å². The largest absolute Gasteiger partial charge is 0.493 e. The standard InChI is InChI=1S/C22H34N2O3/c1-22(2,3)27-21(25)24-16-8-10-18-19(24)11-7-12-20(18)26-17-9-15-23-13-5-4-6-14-23/h7,11-12H,4-6,8-10,13-17H2,1-3H3. The van der Waals surface area contributed by atoms with Crippen LogP contribution in [0.3, 0.4) is 0 Å². The van der Waals surface area contributed by atoms with E-state index < -0.39 is 5.60 Å². The van der Waals surface area contributed by atoms with Crippen molar-refractivity contribution in [2.75, 3.05) is 37.7 Å². The van der Waals surface area contributed by atoms with Crippen molar-refractivity contribution >= 4 is 11.8 Å². The van der Waals surface area contributed by atoms with E-state index in [0.717, 1.165) is 49.4 Å². The Hall–Kier alpha value is -1.75. The van der Waals surface area contributed by atoms with Gasteiger partial charge in [0.15, 0.2) is 0 Å². The molecule has 5 nitrogen and oxygen atoms in total. The van der Waals surface area contributed by atoms with Gasteiger partial charge in [-0.2, -0.15) is 0 Å². The second-order valence-corrected chi connectivity index (χ2v) is 8.59. The van der Waals surface area contributed by atoms with Gasteiger partial charge in [0.1, 0.15) is 11.4 Å². The first kappa shape index (κ1) is 20.0. The molecule has 1 amide bonds. The van der Waals surface area contributed by atoms with Crippen LogP contribution in [0.1, 0.15) is 58.4 Å². The number of fused-ring (bicyclic) bond motifs is 1. The van der Waals surface area contributed by atoms with Crippen LogP contribution in [0.5, 0.6) is 5.75 Å². The van der Waals surface area contributed by atoms with Crippen molar-refractivity contribution in [1.29, 1.82) is 0 Å². The molecule has 1 saturated heterocycles. The number of hydrogen-bond acceptors (Lipinski definition) is 4. The lowest BCUT2D eigenvalue weighted by molar-refractivity contribution is 0.0577. The number of likely N-dealkylation sites (tertiary alicyclic amines) is 1. The Kier molecular flexibility index (Phi) is 6.64. The van der Waals surface area contributed by atoms with Crippen LogP contribution >= 0.6 is 0 Å². The number of benzene rings is 1. The Morgan fingerprint density at radius 3 is 2.59 bits per heavy atom. The molecule has 0 bridgehead atoms. The lowest BCUT2D eigenvalue weighted by atomic mass is 10.0. The lowest BCUT2D eigenvalue weighted by Gasteiger charge is -2.32. The molecule has 1 fully saturated rings. The summed E-state index contributed by atoms with van der Waals surface area (Å²) < 4.78 is 11.7. The van der Waals surface area contributed by atoms with Crippen LogP contribution in [0.2, 0.25) is 0 Å². The van der Waals surface area contributed by atoms with E-state index in [1.165, 1.54) is 32.4 Å². The van der Waals surface area contributed by atoms with Crippen molar-refractivity contribution in [2.24, 2.45) is 0 Å². The van der Waals surface area contributed by atoms with E-state index in [1.54, 1.807) is 4.90 Å². The first-order chi connectivity index (χ1) is 12.9. The highest BCUT2D eigenvalue weighted by Crippen LogP contribution is 2.35. The predicted octanol–water partition coefficient (Wildman–Crippen LogP) is 4.63. The number of nitrogens with zero attached hydrogens (tertiary/aromatic N) is 2. The Morgan fingerprint density at radius 1 is 1.07 bits per heavy atom. The summed E-state index contributed by atoms with van der Waals surface area (Å²) in [6.07, 6.45) is 6.67. The van der Waals surface area contributed by atoms with Gasteiger partial charge in [0, 0.05) is 18.7 Å². The van der Waals surface area contributed by atoms with Crippen LogP contribution < -0.4 is 9.64 Å². The van der Waals surface area contributed by atoms with Crippen molar-refractivity contribution in [3.05, 3.63) is 23.8 Å². The smallest absolute Gasteiger partial charge is 0.414 e. The average molecular weight is 375 g/mol. The fourth-order valence-corrected chi connectivity index (χ4v) is 3.89. The maximum Gasteiger partial charge on any atom is 0.414 e. The van der Waals surface area contributed by atoms with Crippen molar-refractivity contribution < 1.29 is 14.3 Å². The molecule has 2 aliphatic rings. The zero-order chi connectivity index (χ0) is 19.3. The minimum absolute atomic E-state index is 0.273. The number of carbonyl (C=O) groups excluding carboxylic acids is 1. The third-order valence-electron chi connectivity index (χ3n) is 5.15. The fourth-order valence-electron chi connectivity index (χ4n) is 3.89. The third kappa shape index (κ3) is 5.61. The minimum atomic E-state index is -0.489. The number of rotatable bonds is 5. The maximum absolute atomic E-state index is 12.6. The SMILES string of the molecule is CC(C)(C)OC(=O)N1CCCc2c(OCCCN3CCCCC3)cccc21. The molecule has 150 valence electrons. The number of ether oxygens (including phenoxy) is 2. The van der Waals surface area contributed by atoms with Gasteiger partial charge in [-0.25, -0.2) is 4.79 Å². The van der Waals surface area contributed by atoms with Crippen LogP contribution in [0, 0.1) is 0 Å². The Bertz CT molecular complexity index is 633. The van der Waals surface area contributed by atoms with E-state index in [-0.39, 0.29) is 6.09 Å². The van der Waals surface area contributed by atoms with Crippen molar-refractivity contribution in [1.82, 2.24) is 4.90 Å². The van der Waals surface area contributed by atoms with Crippen LogP contribution in [-0.4, -0.2) is 49.4 Å². The molecule has 0 saturated carbocycles. The van der Waals surface area contributed by atoms with Crippen LogP contribution in [0.4, 0.5) is 10.5 Å². The minimum Gasteiger partial charge on any atom is -0.493 e. The summed E-state index contributed by atoms with van der Waals surface area (Å²) in [6, 6.07) is 6.00. The quantitative estimate of drug-likeness (QED) is 0.705. The lowest BCUT2D eigenvalue weighted by Crippen LogP contribution is -2.39. The Morgan fingerprint density at radius 2 is 1.85 bits per heavy atom. The number of hydrogen-bond donors (Lipinski definition) is 0. The summed E-state index contributed by atoms with van der Waals surface area (Å²) in [4.78, 5) is 16.9. The van der Waals surface area contributed by atoms with Crippen LogP contribution in [0.25, 0.3) is 0 Å². The highest BCUT2D eigenvalue weighted by Gasteiger charge is 2.28. The van der Waals surface area contributed by atoms with Gasteiger partial charge in [-0.3, -0.25) is 4.90 Å². The molecule has 2 aliphatic heterocycles. The first-order valence-corrected chi connectivity index (χ1v) is 10.4. The maximum atomic E-state index is 12.6. The average Bonchev–Trinajstić information content (AvgIpc) is 2.64. The zero-order valence-corrected chi connectivity index (χ0v) is 17.1. The fraction of sp³-hybridized carbons (Fsp3) is 0.682. The van der Waals surface area contributed by atoms with Crippen molar-refractivity contribution in [3.8, 4) is 5.75 Å². The zero-order valence-electron chi connectivity index (χ0n) is 17.1. The van der Waals surface area contributed by atoms with Crippen molar-refractivity contribution in [3.63, 3.8) is 0 Å². The second-order valence-electron chi connectivity index (χ2n) is 8.59. The molecule has 0 N–H and O–H groups in total. The van der Waals surface area contributed by atoms with Gasteiger partial charge in [0.2, 0.25) is 0 Å². The molecule has 0 spiro atoms. The normalized spacial score (nSPS) is 18.1. The van der Waals surface area contributed by atoms with E-state index in [4.69, 9.17) is 9.47 Å². The summed E-state index contributed by atoms with van der Waals surface area (Å²) in [5.74, 6) is 0.916. The summed E-state index contributed by atoms with van der Waals surface area (Å²) in [5, 5.41) is 0. The van der Waals surface area contributed by atoms with Gasteiger partial charge in [-0.05, 0) is 78.1 Å². The molecular formula is C22H34N2O3. The van der Waals surface area contributed by atoms with Gasteiger partial charge in [-0.15, -0.1) is 0 Å². The van der Waals surface area contributed by atoms with Crippen molar-refractivity contribution in [2.45, 2.75) is 64.9 Å². The molecule has 0 unspecified atom stereocenters. The van der Waals surface area contributed by atoms with E-state index in [1.807, 2.05) is 39.0 Å². The Balaban J connectivity index is 1.59. The number of anilines is 1. The first-order valence-electron chi connectivity index (χ1n) is 10.4. The van der Waals surface area contributed by atoms with E-state index in [2.05, 4.69) is 4.90 Å². The third-order valence-corrected chi connectivity index (χ3v) is 5.15. The van der Waals surface area contributed by atoms with Gasteiger partial charge in [0.25, 0.3) is 0 Å². The van der Waals surface area contributed by atoms with Gasteiger partial charge in [-0.1, -0.05) is 12.5 Å². The molecule has 1 aromatic carbocycles. The summed E-state index contributed by atoms with van der Waals surface area (Å²) in [7, 11) is 0. The molecule has 3 rings (SSSR count). The molecule has 2 heterocycles. The van der Waals surface area contributed by atoms with Crippen LogP contribution in [0.15, 0.2) is 18.2 Å². The highest BCUT2D eigenvalue weighted by atomic mass is 16.6. The summed E-state index contributed by atoms with van der Waals surface area (Å²) in [6.45, 7) is 10.7. The molecule has 1 aromatic rings. The molecule has 27 heavy (non-hydrogen) atoms. The number of amides is 1. The van der Waals surface area contributed by atoms with E-state index >= 15 is 0 Å². The predicted molar refractivity (Wildman–Crippen MR) is 109 cm³/mol. The van der Waals surface area contributed by atoms with E-state index in [0.29, 0.717) is 6.54 Å². The number of carbonyl (C=O) groups is 1. The summed E-state index contributed by atoms with van der Waals surface area (Å²) in [5.41, 5.74) is 1.58. The number of piperidine rings is 1. The second kappa shape index (κ2) is 8.96. The topological polar surface area (TPSA) is 42.0 Å². The molecular weight excluding hydrogens is 340 g/mol. The van der Waals surface area contributed by atoms with Gasteiger partial charge in [0.05, 0.1) is 12.3 Å². The van der Waals surface area contributed by atoms with Gasteiger partial charge < -0.3 is 14.4 Å². The molecule has 5 heteroatoms. The summed E-state index contributed by atoms with van der Waals surface area (Å²) >= 11 is 0. The monoisotopic (exact) mass is 374 g/mol. The molecule has 0 aliphatic carbocycles. The molecule has 0 atom stereocenters. The van der Waals surface area contributed by atoms with Gasteiger partial charge >= 0.3 is 6.09 Å². The highest BCUT2D eigenvalue weighted by molar-refractivity contribution is 5.90. The molecule has 0 aromatic heterocycles. The van der Waals surface area contributed by atoms with E-state index in [9.17, 15) is 4.79 Å².